The molecule has 0 saturated heterocycles. The first kappa shape index (κ1) is 18.1. The highest BCUT2D eigenvalue weighted by Crippen LogP contribution is 2.21. The van der Waals surface area contributed by atoms with Gasteiger partial charge in [0.2, 0.25) is 5.43 Å². The number of carbonyl (C=O) groups is 1. The molecule has 0 aliphatic rings. The molecule has 1 heterocycles. The molecule has 0 aliphatic heterocycles. The van der Waals surface area contributed by atoms with Gasteiger partial charge in [-0.05, 0) is 13.8 Å². The third-order valence-electron chi connectivity index (χ3n) is 3.47. The summed E-state index contributed by atoms with van der Waals surface area (Å²) in [5.74, 6) is -1.61. The minimum Gasteiger partial charge on any atom is -0.503 e. The summed E-state index contributed by atoms with van der Waals surface area (Å²) in [4.78, 5) is 24.7. The molecule has 0 aromatic carbocycles. The van der Waals surface area contributed by atoms with E-state index in [2.05, 4.69) is 0 Å². The van der Waals surface area contributed by atoms with Crippen LogP contribution in [0.5, 0.6) is 5.75 Å². The molecule has 0 radical (unpaired) electrons. The van der Waals surface area contributed by atoms with E-state index in [4.69, 9.17) is 10.2 Å². The maximum atomic E-state index is 11.8. The van der Waals surface area contributed by atoms with Crippen molar-refractivity contribution in [1.82, 2.24) is 9.47 Å². The second-order valence-corrected chi connectivity index (χ2v) is 5.05. The highest BCUT2D eigenvalue weighted by molar-refractivity contribution is 5.71. The van der Waals surface area contributed by atoms with Gasteiger partial charge in [-0.2, -0.15) is 0 Å². The van der Waals surface area contributed by atoms with Crippen molar-refractivity contribution in [2.75, 3.05) is 26.3 Å². The van der Waals surface area contributed by atoms with Gasteiger partial charge in [-0.1, -0.05) is 0 Å². The van der Waals surface area contributed by atoms with Crippen molar-refractivity contribution in [3.63, 3.8) is 0 Å². The first-order valence-corrected chi connectivity index (χ1v) is 6.94. The number of hydrogen-bond donors (Lipinski definition) is 4. The molecular formula is C14H22N2O6. The van der Waals surface area contributed by atoms with Gasteiger partial charge in [0, 0.05) is 31.4 Å². The lowest BCUT2D eigenvalue weighted by Gasteiger charge is -2.26. The summed E-state index contributed by atoms with van der Waals surface area (Å²) in [7, 11) is 0. The second kappa shape index (κ2) is 7.92. The Kier molecular flexibility index (Phi) is 6.54. The Labute approximate surface area is 127 Å². The predicted octanol–water partition coefficient (Wildman–Crippen LogP) is -0.705. The van der Waals surface area contributed by atoms with Gasteiger partial charge >= 0.3 is 5.97 Å². The predicted molar refractivity (Wildman–Crippen MR) is 78.9 cm³/mol. The second-order valence-electron chi connectivity index (χ2n) is 5.05. The molecule has 124 valence electrons. The number of carboxylic acids is 1. The van der Waals surface area contributed by atoms with E-state index >= 15 is 0 Å². The molecule has 0 saturated carbocycles. The summed E-state index contributed by atoms with van der Waals surface area (Å²) >= 11 is 0. The van der Waals surface area contributed by atoms with Gasteiger partial charge in [-0.25, -0.2) is 4.79 Å². The zero-order valence-electron chi connectivity index (χ0n) is 12.7. The van der Waals surface area contributed by atoms with E-state index in [1.54, 1.807) is 11.8 Å². The fourth-order valence-corrected chi connectivity index (χ4v) is 2.36. The lowest BCUT2D eigenvalue weighted by Crippen LogP contribution is -2.33. The number of carboxylic acid groups (broad SMARTS) is 1. The molecule has 1 aromatic rings. The highest BCUT2D eigenvalue weighted by Gasteiger charge is 2.23. The number of hydrogen-bond acceptors (Lipinski definition) is 6. The number of aliphatic carboxylic acids is 1. The van der Waals surface area contributed by atoms with Gasteiger partial charge in [-0.3, -0.25) is 9.69 Å². The van der Waals surface area contributed by atoms with Crippen molar-refractivity contribution in [2.45, 2.75) is 26.4 Å². The van der Waals surface area contributed by atoms with E-state index < -0.39 is 23.2 Å². The van der Waals surface area contributed by atoms with E-state index in [0.29, 0.717) is 5.69 Å². The summed E-state index contributed by atoms with van der Waals surface area (Å²) < 4.78 is 1.38. The molecule has 0 fully saturated rings. The summed E-state index contributed by atoms with van der Waals surface area (Å²) in [6.07, 6.45) is 0. The summed E-state index contributed by atoms with van der Waals surface area (Å²) in [5.41, 5.74) is -0.0169. The Balaban J connectivity index is 3.36. The number of aromatic hydroxyl groups is 1. The van der Waals surface area contributed by atoms with Crippen LogP contribution >= 0.6 is 0 Å². The number of nitrogens with zero attached hydrogens (tertiary/aromatic N) is 2. The molecule has 0 amide bonds. The SMILES string of the molecule is Cc1cc(=O)c(O)c(CN(CCO)CCO)n1C(C)C(=O)O. The van der Waals surface area contributed by atoms with Crippen LogP contribution in [0.25, 0.3) is 0 Å². The average molecular weight is 314 g/mol. The van der Waals surface area contributed by atoms with E-state index in [-0.39, 0.29) is 38.5 Å². The molecule has 0 bridgehead atoms. The molecule has 1 atom stereocenters. The van der Waals surface area contributed by atoms with Gasteiger partial charge in [0.15, 0.2) is 5.75 Å². The molecule has 0 spiro atoms. The van der Waals surface area contributed by atoms with Crippen molar-refractivity contribution >= 4 is 5.97 Å². The van der Waals surface area contributed by atoms with Gasteiger partial charge in [0.1, 0.15) is 6.04 Å². The van der Waals surface area contributed by atoms with Gasteiger partial charge in [-0.15, -0.1) is 0 Å². The van der Waals surface area contributed by atoms with Crippen LogP contribution in [0.15, 0.2) is 10.9 Å². The topological polar surface area (TPSA) is 123 Å². The van der Waals surface area contributed by atoms with Crippen molar-refractivity contribution in [3.05, 3.63) is 27.7 Å². The highest BCUT2D eigenvalue weighted by atomic mass is 16.4. The largest absolute Gasteiger partial charge is 0.503 e. The summed E-state index contributed by atoms with van der Waals surface area (Å²) in [5, 5.41) is 37.3. The molecule has 4 N–H and O–H groups in total. The zero-order chi connectivity index (χ0) is 16.9. The molecule has 0 aliphatic carbocycles. The van der Waals surface area contributed by atoms with Crippen LogP contribution in [-0.2, 0) is 11.3 Å². The fourth-order valence-electron chi connectivity index (χ4n) is 2.36. The molecule has 1 aromatic heterocycles. The Morgan fingerprint density at radius 2 is 1.86 bits per heavy atom. The lowest BCUT2D eigenvalue weighted by molar-refractivity contribution is -0.140. The van der Waals surface area contributed by atoms with Crippen LogP contribution < -0.4 is 5.43 Å². The first-order valence-electron chi connectivity index (χ1n) is 6.94. The van der Waals surface area contributed by atoms with E-state index in [1.807, 2.05) is 0 Å². The van der Waals surface area contributed by atoms with Crippen molar-refractivity contribution in [1.29, 1.82) is 0 Å². The zero-order valence-corrected chi connectivity index (χ0v) is 12.7. The summed E-state index contributed by atoms with van der Waals surface area (Å²) in [6.45, 7) is 3.21. The molecule has 1 unspecified atom stereocenters. The van der Waals surface area contributed by atoms with E-state index in [1.165, 1.54) is 17.6 Å². The maximum Gasteiger partial charge on any atom is 0.326 e. The van der Waals surface area contributed by atoms with Crippen molar-refractivity contribution in [3.8, 4) is 5.75 Å². The summed E-state index contributed by atoms with van der Waals surface area (Å²) in [6, 6.07) is 0.215. The number of rotatable bonds is 8. The van der Waals surface area contributed by atoms with Gasteiger partial charge < -0.3 is 25.0 Å². The van der Waals surface area contributed by atoms with Crippen molar-refractivity contribution in [2.24, 2.45) is 0 Å². The minimum atomic E-state index is -1.09. The van der Waals surface area contributed by atoms with Crippen molar-refractivity contribution < 1.29 is 25.2 Å². The minimum absolute atomic E-state index is 0.0431. The number of aliphatic hydroxyl groups excluding tert-OH is 2. The molecule has 8 heteroatoms. The smallest absolute Gasteiger partial charge is 0.326 e. The van der Waals surface area contributed by atoms with Crippen LogP contribution in [0.3, 0.4) is 0 Å². The lowest BCUT2D eigenvalue weighted by atomic mass is 10.2. The molecular weight excluding hydrogens is 292 g/mol. The number of aryl methyl sites for hydroxylation is 1. The molecule has 8 nitrogen and oxygen atoms in total. The number of aromatic nitrogens is 1. The Morgan fingerprint density at radius 1 is 1.32 bits per heavy atom. The van der Waals surface area contributed by atoms with Crippen LogP contribution in [-0.4, -0.2) is 62.2 Å². The first-order chi connectivity index (χ1) is 10.3. The normalized spacial score (nSPS) is 12.6. The van der Waals surface area contributed by atoms with Gasteiger partial charge in [0.25, 0.3) is 0 Å². The molecule has 1 rings (SSSR count). The standard InChI is InChI=1S/C14H22N2O6/c1-9-7-12(19)13(20)11(16(9)10(2)14(21)22)8-15(3-5-17)4-6-18/h7,10,17-18,20H,3-6,8H2,1-2H3,(H,21,22). The number of aliphatic hydroxyl groups is 2. The van der Waals surface area contributed by atoms with Crippen LogP contribution in [0.2, 0.25) is 0 Å². The Bertz CT molecular complexity index is 577. The quantitative estimate of drug-likeness (QED) is 0.500. The third-order valence-corrected chi connectivity index (χ3v) is 3.47. The fraction of sp³-hybridized carbons (Fsp3) is 0.571. The average Bonchev–Trinajstić information content (AvgIpc) is 2.44. The molecule has 22 heavy (non-hydrogen) atoms. The third kappa shape index (κ3) is 4.06. The van der Waals surface area contributed by atoms with Crippen LogP contribution in [0.4, 0.5) is 0 Å². The Morgan fingerprint density at radius 3 is 2.32 bits per heavy atom. The van der Waals surface area contributed by atoms with Crippen LogP contribution in [0.1, 0.15) is 24.4 Å². The maximum absolute atomic E-state index is 11.8. The van der Waals surface area contributed by atoms with E-state index in [0.717, 1.165) is 0 Å². The van der Waals surface area contributed by atoms with Gasteiger partial charge in [0.05, 0.1) is 18.9 Å². The van der Waals surface area contributed by atoms with Crippen LogP contribution in [0, 0.1) is 6.92 Å². The number of pyridine rings is 1. The Hall–Kier alpha value is -1.90. The van der Waals surface area contributed by atoms with E-state index in [9.17, 15) is 19.8 Å². The monoisotopic (exact) mass is 314 g/mol.